The summed E-state index contributed by atoms with van der Waals surface area (Å²) in [5.41, 5.74) is 3.50. The standard InChI is InChI=1S/C15H17N3O/c1-4-12-8-13(5-2)18(17-12)15-9-14(19-3)7-6-11(15)10-16/h6-9H,4-5H2,1-3H3. The minimum Gasteiger partial charge on any atom is -0.497 e. The van der Waals surface area contributed by atoms with Crippen molar-refractivity contribution in [2.45, 2.75) is 26.7 Å². The van der Waals surface area contributed by atoms with Crippen molar-refractivity contribution in [2.24, 2.45) is 0 Å². The number of aryl methyl sites for hydroxylation is 2. The zero-order valence-electron chi connectivity index (χ0n) is 11.5. The van der Waals surface area contributed by atoms with Gasteiger partial charge in [0.25, 0.3) is 0 Å². The molecule has 0 N–H and O–H groups in total. The molecule has 4 heteroatoms. The minimum absolute atomic E-state index is 0.598. The first-order chi connectivity index (χ1) is 9.23. The lowest BCUT2D eigenvalue weighted by Gasteiger charge is -2.09. The topological polar surface area (TPSA) is 50.8 Å². The first-order valence-corrected chi connectivity index (χ1v) is 6.39. The Balaban J connectivity index is 2.63. The molecule has 0 fully saturated rings. The lowest BCUT2D eigenvalue weighted by atomic mass is 10.1. The number of methoxy groups -OCH3 is 1. The highest BCUT2D eigenvalue weighted by molar-refractivity contribution is 5.53. The first-order valence-electron chi connectivity index (χ1n) is 6.39. The van der Waals surface area contributed by atoms with Crippen LogP contribution in [0.5, 0.6) is 5.75 Å². The van der Waals surface area contributed by atoms with Gasteiger partial charge in [-0.05, 0) is 31.0 Å². The smallest absolute Gasteiger partial charge is 0.121 e. The van der Waals surface area contributed by atoms with Crippen molar-refractivity contribution in [1.29, 1.82) is 5.26 Å². The van der Waals surface area contributed by atoms with Gasteiger partial charge in [-0.15, -0.1) is 0 Å². The molecule has 98 valence electrons. The number of hydrogen-bond acceptors (Lipinski definition) is 3. The van der Waals surface area contributed by atoms with Gasteiger partial charge in [0.15, 0.2) is 0 Å². The number of ether oxygens (including phenoxy) is 1. The van der Waals surface area contributed by atoms with E-state index >= 15 is 0 Å². The third kappa shape index (κ3) is 2.45. The van der Waals surface area contributed by atoms with E-state index in [1.165, 1.54) is 0 Å². The predicted molar refractivity (Wildman–Crippen MR) is 73.6 cm³/mol. The zero-order valence-corrected chi connectivity index (χ0v) is 11.5. The van der Waals surface area contributed by atoms with E-state index in [4.69, 9.17) is 4.74 Å². The Morgan fingerprint density at radius 3 is 2.63 bits per heavy atom. The van der Waals surface area contributed by atoms with E-state index in [1.54, 1.807) is 19.2 Å². The largest absolute Gasteiger partial charge is 0.497 e. The van der Waals surface area contributed by atoms with Gasteiger partial charge in [0.1, 0.15) is 11.8 Å². The van der Waals surface area contributed by atoms with Crippen molar-refractivity contribution in [1.82, 2.24) is 9.78 Å². The molecule has 0 atom stereocenters. The van der Waals surface area contributed by atoms with E-state index in [1.807, 2.05) is 10.7 Å². The quantitative estimate of drug-likeness (QED) is 0.844. The summed E-state index contributed by atoms with van der Waals surface area (Å²) >= 11 is 0. The molecule has 19 heavy (non-hydrogen) atoms. The SMILES string of the molecule is CCc1cc(CC)n(-c2cc(OC)ccc2C#N)n1. The van der Waals surface area contributed by atoms with Crippen LogP contribution in [0.4, 0.5) is 0 Å². The van der Waals surface area contributed by atoms with Crippen LogP contribution in [-0.2, 0) is 12.8 Å². The Bertz CT molecular complexity index is 623. The van der Waals surface area contributed by atoms with Crippen LogP contribution in [0.3, 0.4) is 0 Å². The second-order valence-electron chi connectivity index (χ2n) is 4.24. The van der Waals surface area contributed by atoms with Gasteiger partial charge in [0.2, 0.25) is 0 Å². The number of aromatic nitrogens is 2. The molecule has 2 aromatic rings. The van der Waals surface area contributed by atoms with Crippen molar-refractivity contribution in [3.05, 3.63) is 41.2 Å². The molecule has 1 aromatic heterocycles. The average Bonchev–Trinajstić information content (AvgIpc) is 2.89. The molecule has 0 aliphatic rings. The summed E-state index contributed by atoms with van der Waals surface area (Å²) in [7, 11) is 1.62. The monoisotopic (exact) mass is 255 g/mol. The predicted octanol–water partition coefficient (Wildman–Crippen LogP) is 2.88. The second-order valence-corrected chi connectivity index (χ2v) is 4.24. The van der Waals surface area contributed by atoms with Gasteiger partial charge in [0.05, 0.1) is 24.1 Å². The van der Waals surface area contributed by atoms with Crippen LogP contribution in [0.25, 0.3) is 5.69 Å². The van der Waals surface area contributed by atoms with Gasteiger partial charge in [-0.2, -0.15) is 10.4 Å². The fourth-order valence-corrected chi connectivity index (χ4v) is 2.02. The van der Waals surface area contributed by atoms with E-state index in [9.17, 15) is 5.26 Å². The number of hydrogen-bond donors (Lipinski definition) is 0. The van der Waals surface area contributed by atoms with Crippen molar-refractivity contribution in [3.63, 3.8) is 0 Å². The molecule has 0 aliphatic carbocycles. The van der Waals surface area contributed by atoms with Gasteiger partial charge in [-0.25, -0.2) is 4.68 Å². The van der Waals surface area contributed by atoms with Crippen LogP contribution in [-0.4, -0.2) is 16.9 Å². The van der Waals surface area contributed by atoms with Crippen LogP contribution in [0.1, 0.15) is 30.8 Å². The highest BCUT2D eigenvalue weighted by Crippen LogP contribution is 2.23. The molecule has 2 rings (SSSR count). The van der Waals surface area contributed by atoms with Gasteiger partial charge >= 0.3 is 0 Å². The molecule has 0 amide bonds. The van der Waals surface area contributed by atoms with Crippen molar-refractivity contribution < 1.29 is 4.74 Å². The third-order valence-electron chi connectivity index (χ3n) is 3.11. The molecule has 0 radical (unpaired) electrons. The number of rotatable bonds is 4. The van der Waals surface area contributed by atoms with E-state index in [-0.39, 0.29) is 0 Å². The van der Waals surface area contributed by atoms with Crippen LogP contribution >= 0.6 is 0 Å². The average molecular weight is 255 g/mol. The van der Waals surface area contributed by atoms with E-state index in [0.717, 1.165) is 35.7 Å². The zero-order chi connectivity index (χ0) is 13.8. The summed E-state index contributed by atoms with van der Waals surface area (Å²) in [5, 5.41) is 13.8. The number of nitriles is 1. The molecule has 0 aliphatic heterocycles. The Labute approximate surface area is 113 Å². The van der Waals surface area contributed by atoms with Crippen LogP contribution in [0.2, 0.25) is 0 Å². The third-order valence-corrected chi connectivity index (χ3v) is 3.11. The van der Waals surface area contributed by atoms with Crippen molar-refractivity contribution in [3.8, 4) is 17.5 Å². The lowest BCUT2D eigenvalue weighted by molar-refractivity contribution is 0.414. The lowest BCUT2D eigenvalue weighted by Crippen LogP contribution is -2.04. The Hall–Kier alpha value is -2.28. The van der Waals surface area contributed by atoms with Crippen molar-refractivity contribution in [2.75, 3.05) is 7.11 Å². The Kier molecular flexibility index (Phi) is 3.86. The first kappa shape index (κ1) is 13.2. The summed E-state index contributed by atoms with van der Waals surface area (Å²) in [6, 6.07) is 9.70. The Morgan fingerprint density at radius 2 is 2.05 bits per heavy atom. The molecule has 0 saturated heterocycles. The number of benzene rings is 1. The maximum absolute atomic E-state index is 9.24. The van der Waals surface area contributed by atoms with Gasteiger partial charge < -0.3 is 4.74 Å². The molecule has 4 nitrogen and oxygen atoms in total. The Morgan fingerprint density at radius 1 is 1.26 bits per heavy atom. The molecule has 0 bridgehead atoms. The molecule has 0 spiro atoms. The van der Waals surface area contributed by atoms with Gasteiger partial charge in [-0.1, -0.05) is 13.8 Å². The van der Waals surface area contributed by atoms with Gasteiger partial charge in [0, 0.05) is 11.8 Å². The highest BCUT2D eigenvalue weighted by atomic mass is 16.5. The highest BCUT2D eigenvalue weighted by Gasteiger charge is 2.12. The normalized spacial score (nSPS) is 10.2. The van der Waals surface area contributed by atoms with Crippen LogP contribution in [0.15, 0.2) is 24.3 Å². The second kappa shape index (κ2) is 5.57. The molecular formula is C15H17N3O. The van der Waals surface area contributed by atoms with E-state index in [0.29, 0.717) is 5.56 Å². The molecule has 0 saturated carbocycles. The van der Waals surface area contributed by atoms with E-state index in [2.05, 4.69) is 31.1 Å². The maximum atomic E-state index is 9.24. The summed E-state index contributed by atoms with van der Waals surface area (Å²) in [6.45, 7) is 4.15. The molecule has 0 unspecified atom stereocenters. The summed E-state index contributed by atoms with van der Waals surface area (Å²) < 4.78 is 7.08. The summed E-state index contributed by atoms with van der Waals surface area (Å²) in [4.78, 5) is 0. The number of nitrogens with zero attached hydrogens (tertiary/aromatic N) is 3. The molecule has 1 aromatic carbocycles. The van der Waals surface area contributed by atoms with Crippen molar-refractivity contribution >= 4 is 0 Å². The summed E-state index contributed by atoms with van der Waals surface area (Å²) in [5.74, 6) is 0.726. The molecular weight excluding hydrogens is 238 g/mol. The maximum Gasteiger partial charge on any atom is 0.121 e. The summed E-state index contributed by atoms with van der Waals surface area (Å²) in [6.07, 6.45) is 1.75. The molecule has 1 heterocycles. The minimum atomic E-state index is 0.598. The van der Waals surface area contributed by atoms with Crippen LogP contribution in [0, 0.1) is 11.3 Å². The van der Waals surface area contributed by atoms with Gasteiger partial charge in [-0.3, -0.25) is 0 Å². The van der Waals surface area contributed by atoms with E-state index < -0.39 is 0 Å². The van der Waals surface area contributed by atoms with Crippen LogP contribution < -0.4 is 4.74 Å². The fourth-order valence-electron chi connectivity index (χ4n) is 2.02. The fraction of sp³-hybridized carbons (Fsp3) is 0.333.